The molecule has 0 saturated carbocycles. The van der Waals surface area contributed by atoms with Gasteiger partial charge in [0.15, 0.2) is 0 Å². The summed E-state index contributed by atoms with van der Waals surface area (Å²) in [6.07, 6.45) is 0. The zero-order valence-electron chi connectivity index (χ0n) is 9.85. The van der Waals surface area contributed by atoms with Crippen molar-refractivity contribution in [3.05, 3.63) is 37.1 Å². The smallest absolute Gasteiger partial charge is 0.266 e. The highest BCUT2D eigenvalue weighted by atomic mass is 79.9. The van der Waals surface area contributed by atoms with Crippen molar-refractivity contribution in [1.82, 2.24) is 4.90 Å². The summed E-state index contributed by atoms with van der Waals surface area (Å²) in [4.78, 5) is 15.9. The van der Waals surface area contributed by atoms with E-state index in [1.165, 1.54) is 11.3 Å². The van der Waals surface area contributed by atoms with Crippen molar-refractivity contribution in [1.29, 1.82) is 0 Å². The average molecular weight is 345 g/mol. The van der Waals surface area contributed by atoms with Crippen molar-refractivity contribution in [2.24, 2.45) is 0 Å². The Labute approximate surface area is 122 Å². The van der Waals surface area contributed by atoms with Crippen molar-refractivity contribution in [3.8, 4) is 0 Å². The van der Waals surface area contributed by atoms with Crippen molar-refractivity contribution in [2.75, 3.05) is 12.3 Å². The van der Waals surface area contributed by atoms with Crippen molar-refractivity contribution < 1.29 is 4.79 Å². The highest BCUT2D eigenvalue weighted by Crippen LogP contribution is 2.25. The number of hydrogen-bond acceptors (Lipinski definition) is 4. The van der Waals surface area contributed by atoms with E-state index in [1.54, 1.807) is 22.3 Å². The van der Waals surface area contributed by atoms with Gasteiger partial charge in [-0.1, -0.05) is 0 Å². The van der Waals surface area contributed by atoms with Gasteiger partial charge in [-0.2, -0.15) is 0 Å². The van der Waals surface area contributed by atoms with E-state index in [4.69, 9.17) is 5.73 Å². The molecule has 0 fully saturated rings. The van der Waals surface area contributed by atoms with E-state index in [0.717, 1.165) is 8.66 Å². The van der Waals surface area contributed by atoms with Crippen molar-refractivity contribution >= 4 is 50.2 Å². The minimum Gasteiger partial charge on any atom is -0.397 e. The highest BCUT2D eigenvalue weighted by molar-refractivity contribution is 9.11. The van der Waals surface area contributed by atoms with E-state index in [0.29, 0.717) is 23.7 Å². The summed E-state index contributed by atoms with van der Waals surface area (Å²) in [5, 5.41) is 1.85. The molecule has 2 heterocycles. The Morgan fingerprint density at radius 3 is 2.72 bits per heavy atom. The summed E-state index contributed by atoms with van der Waals surface area (Å²) >= 11 is 6.47. The fraction of sp³-hybridized carbons (Fsp3) is 0.250. The second kappa shape index (κ2) is 5.86. The van der Waals surface area contributed by atoms with Gasteiger partial charge in [-0.25, -0.2) is 0 Å². The summed E-state index contributed by atoms with van der Waals surface area (Å²) in [6.45, 7) is 3.28. The molecule has 0 unspecified atom stereocenters. The van der Waals surface area contributed by atoms with E-state index >= 15 is 0 Å². The van der Waals surface area contributed by atoms with Crippen LogP contribution in [0.4, 0.5) is 5.69 Å². The third-order valence-electron chi connectivity index (χ3n) is 2.53. The van der Waals surface area contributed by atoms with Gasteiger partial charge in [-0.3, -0.25) is 4.79 Å². The lowest BCUT2D eigenvalue weighted by atomic mass is 10.3. The number of amides is 1. The molecule has 0 aliphatic rings. The number of carbonyl (C=O) groups is 1. The van der Waals surface area contributed by atoms with Gasteiger partial charge in [0.2, 0.25) is 0 Å². The lowest BCUT2D eigenvalue weighted by Crippen LogP contribution is -2.29. The molecule has 2 N–H and O–H groups in total. The number of carbonyl (C=O) groups excluding carboxylic acids is 1. The predicted octanol–water partition coefficient (Wildman–Crippen LogP) is 3.82. The van der Waals surface area contributed by atoms with E-state index in [1.807, 2.05) is 24.4 Å². The highest BCUT2D eigenvalue weighted by Gasteiger charge is 2.18. The van der Waals surface area contributed by atoms with E-state index in [9.17, 15) is 4.79 Å². The van der Waals surface area contributed by atoms with Crippen LogP contribution in [0.2, 0.25) is 0 Å². The largest absolute Gasteiger partial charge is 0.397 e. The Kier molecular flexibility index (Phi) is 4.42. The Balaban J connectivity index is 2.14. The topological polar surface area (TPSA) is 46.3 Å². The molecule has 0 aliphatic carbocycles. The minimum absolute atomic E-state index is 0.00882. The van der Waals surface area contributed by atoms with Gasteiger partial charge in [0.05, 0.1) is 16.0 Å². The van der Waals surface area contributed by atoms with Crippen LogP contribution >= 0.6 is 38.6 Å². The fourth-order valence-electron chi connectivity index (χ4n) is 1.59. The number of thiophene rings is 2. The van der Waals surface area contributed by atoms with Gasteiger partial charge in [0, 0.05) is 11.4 Å². The first kappa shape index (κ1) is 13.6. The molecule has 0 aliphatic heterocycles. The third kappa shape index (κ3) is 2.93. The molecule has 0 radical (unpaired) electrons. The fourth-order valence-corrected chi connectivity index (χ4v) is 3.87. The summed E-state index contributed by atoms with van der Waals surface area (Å²) < 4.78 is 1.08. The van der Waals surface area contributed by atoms with Gasteiger partial charge in [0.25, 0.3) is 5.91 Å². The Morgan fingerprint density at radius 1 is 1.44 bits per heavy atom. The standard InChI is InChI=1S/C12H13BrN2OS2/c1-2-15(7-8-3-4-10(13)18-8)12(16)11-9(14)5-6-17-11/h3-6H,2,7,14H2,1H3. The number of halogens is 1. The summed E-state index contributed by atoms with van der Waals surface area (Å²) in [7, 11) is 0. The number of nitrogens with zero attached hydrogens (tertiary/aromatic N) is 1. The average Bonchev–Trinajstić information content (AvgIpc) is 2.94. The molecular weight excluding hydrogens is 332 g/mol. The Bertz CT molecular complexity index is 550. The molecule has 18 heavy (non-hydrogen) atoms. The molecule has 96 valence electrons. The molecule has 2 aromatic rings. The first-order chi connectivity index (χ1) is 8.61. The number of anilines is 1. The lowest BCUT2D eigenvalue weighted by molar-refractivity contribution is 0.0760. The second-order valence-electron chi connectivity index (χ2n) is 3.73. The lowest BCUT2D eigenvalue weighted by Gasteiger charge is -2.19. The zero-order valence-corrected chi connectivity index (χ0v) is 13.1. The normalized spacial score (nSPS) is 10.6. The van der Waals surface area contributed by atoms with Gasteiger partial charge in [-0.15, -0.1) is 22.7 Å². The minimum atomic E-state index is 0.00882. The summed E-state index contributed by atoms with van der Waals surface area (Å²) in [5.74, 6) is 0.00882. The molecular formula is C12H13BrN2OS2. The van der Waals surface area contributed by atoms with E-state index in [-0.39, 0.29) is 5.91 Å². The first-order valence-corrected chi connectivity index (χ1v) is 7.97. The molecule has 0 spiro atoms. The maximum absolute atomic E-state index is 12.3. The Morgan fingerprint density at radius 2 is 2.22 bits per heavy atom. The molecule has 3 nitrogen and oxygen atoms in total. The van der Waals surface area contributed by atoms with Crippen LogP contribution in [-0.2, 0) is 6.54 Å². The van der Waals surface area contributed by atoms with Gasteiger partial charge < -0.3 is 10.6 Å². The van der Waals surface area contributed by atoms with Gasteiger partial charge in [-0.05, 0) is 46.4 Å². The van der Waals surface area contributed by atoms with Crippen LogP contribution < -0.4 is 5.73 Å². The Hall–Kier alpha value is -0.850. The maximum Gasteiger partial charge on any atom is 0.266 e. The second-order valence-corrected chi connectivity index (χ2v) is 7.19. The quantitative estimate of drug-likeness (QED) is 0.916. The molecule has 0 atom stereocenters. The van der Waals surface area contributed by atoms with Crippen molar-refractivity contribution in [2.45, 2.75) is 13.5 Å². The number of nitrogens with two attached hydrogens (primary N) is 1. The van der Waals surface area contributed by atoms with Crippen LogP contribution in [0.15, 0.2) is 27.4 Å². The third-order valence-corrected chi connectivity index (χ3v) is 5.06. The van der Waals surface area contributed by atoms with Crippen LogP contribution in [0.25, 0.3) is 0 Å². The van der Waals surface area contributed by atoms with Crippen LogP contribution in [-0.4, -0.2) is 17.4 Å². The molecule has 2 aromatic heterocycles. The monoisotopic (exact) mass is 344 g/mol. The van der Waals surface area contributed by atoms with Gasteiger partial charge in [0.1, 0.15) is 4.88 Å². The van der Waals surface area contributed by atoms with Gasteiger partial charge >= 0.3 is 0 Å². The summed E-state index contributed by atoms with van der Waals surface area (Å²) in [5.41, 5.74) is 6.36. The predicted molar refractivity (Wildman–Crippen MR) is 81.2 cm³/mol. The molecule has 6 heteroatoms. The van der Waals surface area contributed by atoms with Crippen molar-refractivity contribution in [3.63, 3.8) is 0 Å². The summed E-state index contributed by atoms with van der Waals surface area (Å²) in [6, 6.07) is 5.80. The zero-order chi connectivity index (χ0) is 13.1. The van der Waals surface area contributed by atoms with Crippen LogP contribution in [0.5, 0.6) is 0 Å². The van der Waals surface area contributed by atoms with E-state index in [2.05, 4.69) is 15.9 Å². The molecule has 0 aromatic carbocycles. The number of nitrogen functional groups attached to an aromatic ring is 1. The molecule has 2 rings (SSSR count). The maximum atomic E-state index is 12.3. The SMILES string of the molecule is CCN(Cc1ccc(Br)s1)C(=O)c1sccc1N. The molecule has 0 saturated heterocycles. The molecule has 0 bridgehead atoms. The molecule has 1 amide bonds. The first-order valence-electron chi connectivity index (χ1n) is 5.48. The van der Waals surface area contributed by atoms with Crippen LogP contribution in [0.1, 0.15) is 21.5 Å². The van der Waals surface area contributed by atoms with Crippen LogP contribution in [0.3, 0.4) is 0 Å². The number of hydrogen-bond donors (Lipinski definition) is 1. The van der Waals surface area contributed by atoms with E-state index < -0.39 is 0 Å². The number of rotatable bonds is 4. The van der Waals surface area contributed by atoms with Crippen LogP contribution in [0, 0.1) is 0 Å².